The molecule has 2 aliphatic rings. The predicted molar refractivity (Wildman–Crippen MR) is 121 cm³/mol. The molecule has 3 aromatic rings. The van der Waals surface area contributed by atoms with Gasteiger partial charge in [0.25, 0.3) is 17.4 Å². The molecule has 1 amide bonds. The number of pyridine rings is 1. The van der Waals surface area contributed by atoms with Crippen molar-refractivity contribution in [1.82, 2.24) is 24.5 Å². The summed E-state index contributed by atoms with van der Waals surface area (Å²) in [5.41, 5.74) is 0.138. The van der Waals surface area contributed by atoms with E-state index in [0.29, 0.717) is 18.7 Å². The van der Waals surface area contributed by atoms with Crippen LogP contribution in [0.5, 0.6) is 0 Å². The topological polar surface area (TPSA) is 126 Å². The van der Waals surface area contributed by atoms with Crippen LogP contribution in [0.3, 0.4) is 0 Å². The number of hydrogen-bond donors (Lipinski definition) is 4. The molecule has 3 heterocycles. The molecule has 5 rings (SSSR count). The lowest BCUT2D eigenvalue weighted by molar-refractivity contribution is -0.102. The Morgan fingerprint density at radius 1 is 1.29 bits per heavy atom. The number of carbonyl (C=O) groups is 1. The Morgan fingerprint density at radius 2 is 2.12 bits per heavy atom. The summed E-state index contributed by atoms with van der Waals surface area (Å²) in [5, 5.41) is 22.7. The van der Waals surface area contributed by atoms with Crippen molar-refractivity contribution in [3.8, 4) is 0 Å². The van der Waals surface area contributed by atoms with Gasteiger partial charge in [0.1, 0.15) is 22.9 Å². The fraction of sp³-hybridized carbons (Fsp3) is 0.455. The zero-order chi connectivity index (χ0) is 24.0. The predicted octanol–water partition coefficient (Wildman–Crippen LogP) is 2.29. The summed E-state index contributed by atoms with van der Waals surface area (Å²) < 4.78 is 30.2. The standard InChI is InChI=1S/C22H25F2N7O3/c1-25-18-10-17(27-13-4-3-9-30(21(13)34)14-5-2-6-15(14)32)29-19-12(11-26-31(18)19)20(33)28-16-7-8-22(16,23)24/h3-4,9-11,14-16,25,32H,2,5-8H2,1H3,(H,27,29)(H,28,33)/t14?,15-,16+/m1/s1. The van der Waals surface area contributed by atoms with Crippen LogP contribution in [0, 0.1) is 0 Å². The molecule has 4 N–H and O–H groups in total. The van der Waals surface area contributed by atoms with Crippen molar-refractivity contribution in [1.29, 1.82) is 0 Å². The average Bonchev–Trinajstić information content (AvgIpc) is 3.43. The lowest BCUT2D eigenvalue weighted by Gasteiger charge is -2.36. The van der Waals surface area contributed by atoms with E-state index in [1.807, 2.05) is 0 Å². The molecule has 3 aromatic heterocycles. The number of anilines is 3. The number of alkyl halides is 2. The van der Waals surface area contributed by atoms with Crippen molar-refractivity contribution in [2.75, 3.05) is 17.7 Å². The molecule has 1 unspecified atom stereocenters. The average molecular weight is 473 g/mol. The largest absolute Gasteiger partial charge is 0.391 e. The molecule has 2 fully saturated rings. The highest BCUT2D eigenvalue weighted by molar-refractivity contribution is 6.00. The van der Waals surface area contributed by atoms with E-state index in [1.54, 1.807) is 31.4 Å². The van der Waals surface area contributed by atoms with Gasteiger partial charge >= 0.3 is 0 Å². The summed E-state index contributed by atoms with van der Waals surface area (Å²) in [5.74, 6) is -2.87. The van der Waals surface area contributed by atoms with Crippen LogP contribution in [0.15, 0.2) is 35.4 Å². The highest BCUT2D eigenvalue weighted by Gasteiger charge is 2.49. The first-order valence-corrected chi connectivity index (χ1v) is 11.2. The van der Waals surface area contributed by atoms with E-state index < -0.39 is 24.0 Å². The van der Waals surface area contributed by atoms with Crippen molar-refractivity contribution in [2.24, 2.45) is 0 Å². The summed E-state index contributed by atoms with van der Waals surface area (Å²) in [6, 6.07) is 3.43. The number of fused-ring (bicyclic) bond motifs is 1. The molecule has 12 heteroatoms. The van der Waals surface area contributed by atoms with E-state index in [2.05, 4.69) is 26.0 Å². The van der Waals surface area contributed by atoms with Gasteiger partial charge in [-0.2, -0.15) is 9.61 Å². The second-order valence-electron chi connectivity index (χ2n) is 8.72. The lowest BCUT2D eigenvalue weighted by atomic mass is 9.88. The van der Waals surface area contributed by atoms with E-state index in [-0.39, 0.29) is 47.2 Å². The van der Waals surface area contributed by atoms with Gasteiger partial charge in [-0.05, 0) is 37.8 Å². The molecule has 2 aliphatic carbocycles. The maximum Gasteiger partial charge on any atom is 0.274 e. The molecule has 0 aliphatic heterocycles. The molecule has 0 radical (unpaired) electrons. The fourth-order valence-electron chi connectivity index (χ4n) is 4.54. The Kier molecular flexibility index (Phi) is 5.47. The zero-order valence-corrected chi connectivity index (χ0v) is 18.5. The minimum Gasteiger partial charge on any atom is -0.391 e. The first-order valence-electron chi connectivity index (χ1n) is 11.2. The molecular formula is C22H25F2N7O3. The van der Waals surface area contributed by atoms with Crippen LogP contribution >= 0.6 is 0 Å². The SMILES string of the molecule is CNc1cc(Nc2cccn(C3CCC[C@H]3O)c2=O)nc2c(C(=O)N[C@H]3CCC3(F)F)cnn12. The van der Waals surface area contributed by atoms with Crippen LogP contribution in [0.25, 0.3) is 5.65 Å². The minimum absolute atomic E-state index is 0.0439. The number of nitrogens with zero attached hydrogens (tertiary/aromatic N) is 4. The van der Waals surface area contributed by atoms with Crippen molar-refractivity contribution in [3.05, 3.63) is 46.5 Å². The van der Waals surface area contributed by atoms with Gasteiger partial charge in [-0.1, -0.05) is 0 Å². The fourth-order valence-corrected chi connectivity index (χ4v) is 4.54. The summed E-state index contributed by atoms with van der Waals surface area (Å²) in [6.07, 6.45) is 4.51. The molecule has 180 valence electrons. The molecule has 10 nitrogen and oxygen atoms in total. The molecular weight excluding hydrogens is 448 g/mol. The maximum atomic E-state index is 13.6. The Labute approximate surface area is 193 Å². The minimum atomic E-state index is -2.92. The second-order valence-corrected chi connectivity index (χ2v) is 8.72. The molecule has 34 heavy (non-hydrogen) atoms. The van der Waals surface area contributed by atoms with Crippen LogP contribution in [0.2, 0.25) is 0 Å². The van der Waals surface area contributed by atoms with Gasteiger partial charge in [-0.3, -0.25) is 9.59 Å². The first kappa shape index (κ1) is 22.3. The van der Waals surface area contributed by atoms with Gasteiger partial charge in [0.15, 0.2) is 5.65 Å². The molecule has 2 saturated carbocycles. The summed E-state index contributed by atoms with van der Waals surface area (Å²) in [7, 11) is 1.66. The van der Waals surface area contributed by atoms with E-state index >= 15 is 0 Å². The van der Waals surface area contributed by atoms with Crippen molar-refractivity contribution >= 4 is 28.9 Å². The van der Waals surface area contributed by atoms with Crippen LogP contribution in [-0.2, 0) is 0 Å². The van der Waals surface area contributed by atoms with Crippen LogP contribution in [-0.4, -0.2) is 55.3 Å². The Balaban J connectivity index is 1.47. The normalized spacial score (nSPS) is 23.5. The van der Waals surface area contributed by atoms with E-state index in [9.17, 15) is 23.5 Å². The molecule has 0 saturated heterocycles. The van der Waals surface area contributed by atoms with Crippen molar-refractivity contribution in [3.63, 3.8) is 0 Å². The zero-order valence-electron chi connectivity index (χ0n) is 18.5. The first-order chi connectivity index (χ1) is 16.3. The smallest absolute Gasteiger partial charge is 0.274 e. The van der Waals surface area contributed by atoms with Gasteiger partial charge < -0.3 is 25.6 Å². The number of halogens is 2. The van der Waals surface area contributed by atoms with E-state index in [4.69, 9.17) is 0 Å². The third-order valence-corrected chi connectivity index (χ3v) is 6.59. The number of rotatable bonds is 6. The van der Waals surface area contributed by atoms with Crippen LogP contribution in [0.1, 0.15) is 48.5 Å². The summed E-state index contributed by atoms with van der Waals surface area (Å²) in [4.78, 5) is 30.2. The molecule has 0 aromatic carbocycles. The quantitative estimate of drug-likeness (QED) is 0.433. The summed E-state index contributed by atoms with van der Waals surface area (Å²) >= 11 is 0. The van der Waals surface area contributed by atoms with Crippen LogP contribution in [0.4, 0.5) is 26.1 Å². The monoisotopic (exact) mass is 473 g/mol. The maximum absolute atomic E-state index is 13.6. The Morgan fingerprint density at radius 3 is 2.76 bits per heavy atom. The van der Waals surface area contributed by atoms with Crippen molar-refractivity contribution in [2.45, 2.75) is 56.2 Å². The van der Waals surface area contributed by atoms with E-state index in [0.717, 1.165) is 6.42 Å². The molecule has 0 bridgehead atoms. The third kappa shape index (κ3) is 3.77. The highest BCUT2D eigenvalue weighted by Crippen LogP contribution is 2.37. The number of nitrogens with one attached hydrogen (secondary N) is 3. The van der Waals surface area contributed by atoms with E-state index in [1.165, 1.54) is 15.3 Å². The number of amides is 1. The van der Waals surface area contributed by atoms with Gasteiger partial charge in [-0.15, -0.1) is 0 Å². The number of aliphatic hydroxyl groups is 1. The van der Waals surface area contributed by atoms with Gasteiger partial charge in [0.05, 0.1) is 24.4 Å². The van der Waals surface area contributed by atoms with Gasteiger partial charge in [0, 0.05) is 25.7 Å². The third-order valence-electron chi connectivity index (χ3n) is 6.59. The summed E-state index contributed by atoms with van der Waals surface area (Å²) in [6.45, 7) is 0. The number of aliphatic hydroxyl groups excluding tert-OH is 1. The van der Waals surface area contributed by atoms with Gasteiger partial charge in [-0.25, -0.2) is 13.8 Å². The Hall–Kier alpha value is -3.54. The van der Waals surface area contributed by atoms with Crippen molar-refractivity contribution < 1.29 is 18.7 Å². The molecule has 3 atom stereocenters. The van der Waals surface area contributed by atoms with Crippen LogP contribution < -0.4 is 21.5 Å². The second kappa shape index (κ2) is 8.35. The molecule has 0 spiro atoms. The highest BCUT2D eigenvalue weighted by atomic mass is 19.3. The number of carbonyl (C=O) groups excluding carboxylic acids is 1. The van der Waals surface area contributed by atoms with Gasteiger partial charge in [0.2, 0.25) is 0 Å². The Bertz CT molecular complexity index is 1310. The lowest BCUT2D eigenvalue weighted by Crippen LogP contribution is -2.55. The number of hydrogen-bond acceptors (Lipinski definition) is 7. The number of aromatic nitrogens is 4.